The molecular weight excluding hydrogens is 202 g/mol. The van der Waals surface area contributed by atoms with E-state index in [4.69, 9.17) is 5.11 Å². The number of rotatable bonds is 4. The van der Waals surface area contributed by atoms with Crippen LogP contribution in [-0.4, -0.2) is 29.2 Å². The van der Waals surface area contributed by atoms with Crippen LogP contribution in [0, 0.1) is 13.8 Å². The quantitative estimate of drug-likeness (QED) is 0.849. The molecule has 1 N–H and O–H groups in total. The summed E-state index contributed by atoms with van der Waals surface area (Å²) in [5.41, 5.74) is 3.71. The Kier molecular flexibility index (Phi) is 4.35. The smallest absolute Gasteiger partial charge is 0.407 e. The van der Waals surface area contributed by atoms with E-state index in [0.717, 1.165) is 6.42 Å². The van der Waals surface area contributed by atoms with Crippen LogP contribution in [0.2, 0.25) is 0 Å². The molecule has 0 unspecified atom stereocenters. The molecule has 1 rings (SSSR count). The molecule has 16 heavy (non-hydrogen) atoms. The van der Waals surface area contributed by atoms with Crippen LogP contribution in [-0.2, 0) is 6.42 Å². The van der Waals surface area contributed by atoms with E-state index >= 15 is 0 Å². The highest BCUT2D eigenvalue weighted by Crippen LogP contribution is 2.11. The zero-order valence-corrected chi connectivity index (χ0v) is 10.2. The minimum absolute atomic E-state index is 0.542. The van der Waals surface area contributed by atoms with E-state index in [9.17, 15) is 4.79 Å². The second-order valence-electron chi connectivity index (χ2n) is 4.04. The van der Waals surface area contributed by atoms with Gasteiger partial charge in [-0.1, -0.05) is 23.8 Å². The van der Waals surface area contributed by atoms with E-state index in [-0.39, 0.29) is 0 Å². The van der Waals surface area contributed by atoms with E-state index < -0.39 is 6.09 Å². The maximum atomic E-state index is 10.8. The lowest BCUT2D eigenvalue weighted by Crippen LogP contribution is -2.31. The van der Waals surface area contributed by atoms with Gasteiger partial charge < -0.3 is 10.0 Å². The van der Waals surface area contributed by atoms with Crippen LogP contribution in [0.4, 0.5) is 4.79 Å². The fraction of sp³-hybridized carbons (Fsp3) is 0.462. The van der Waals surface area contributed by atoms with Crippen LogP contribution in [0.3, 0.4) is 0 Å². The molecule has 0 aliphatic carbocycles. The molecule has 0 bridgehead atoms. The Balaban J connectivity index is 2.63. The molecule has 3 heteroatoms. The fourth-order valence-corrected chi connectivity index (χ4v) is 1.77. The minimum Gasteiger partial charge on any atom is -0.465 e. The summed E-state index contributed by atoms with van der Waals surface area (Å²) in [4.78, 5) is 12.2. The molecule has 0 heterocycles. The summed E-state index contributed by atoms with van der Waals surface area (Å²) in [6.07, 6.45) is -0.0565. The predicted octanol–water partition coefficient (Wildman–Crippen LogP) is 2.85. The normalized spacial score (nSPS) is 10.2. The molecule has 1 aromatic rings. The lowest BCUT2D eigenvalue weighted by molar-refractivity contribution is 0.148. The first-order valence-electron chi connectivity index (χ1n) is 5.58. The standard InChI is InChI=1S/C13H19NO2/c1-4-14(13(15)16)8-7-12-6-5-10(2)9-11(12)3/h5-6,9H,4,7-8H2,1-3H3,(H,15,16). The van der Waals surface area contributed by atoms with E-state index in [2.05, 4.69) is 32.0 Å². The Morgan fingerprint density at radius 1 is 1.38 bits per heavy atom. The van der Waals surface area contributed by atoms with Crippen molar-refractivity contribution in [3.05, 3.63) is 34.9 Å². The molecule has 3 nitrogen and oxygen atoms in total. The Hall–Kier alpha value is -1.51. The van der Waals surface area contributed by atoms with Crippen molar-refractivity contribution in [2.24, 2.45) is 0 Å². The third-order valence-electron chi connectivity index (χ3n) is 2.80. The molecule has 0 aliphatic rings. The predicted molar refractivity (Wildman–Crippen MR) is 64.9 cm³/mol. The second-order valence-corrected chi connectivity index (χ2v) is 4.04. The average Bonchev–Trinajstić information content (AvgIpc) is 2.21. The summed E-state index contributed by atoms with van der Waals surface area (Å²) in [5.74, 6) is 0. The Labute approximate surface area is 96.7 Å². The maximum absolute atomic E-state index is 10.8. The first-order chi connectivity index (χ1) is 7.54. The Bertz CT molecular complexity index is 374. The number of amides is 1. The van der Waals surface area contributed by atoms with E-state index in [1.165, 1.54) is 21.6 Å². The van der Waals surface area contributed by atoms with Gasteiger partial charge in [0.15, 0.2) is 0 Å². The first kappa shape index (κ1) is 12.6. The number of carbonyl (C=O) groups is 1. The van der Waals surface area contributed by atoms with Crippen molar-refractivity contribution >= 4 is 6.09 Å². The summed E-state index contributed by atoms with van der Waals surface area (Å²) < 4.78 is 0. The number of aryl methyl sites for hydroxylation is 2. The van der Waals surface area contributed by atoms with Crippen LogP contribution in [0.1, 0.15) is 23.6 Å². The third-order valence-corrected chi connectivity index (χ3v) is 2.80. The summed E-state index contributed by atoms with van der Waals surface area (Å²) >= 11 is 0. The van der Waals surface area contributed by atoms with Gasteiger partial charge in [-0.05, 0) is 38.3 Å². The Morgan fingerprint density at radius 3 is 2.56 bits per heavy atom. The third kappa shape index (κ3) is 3.26. The molecule has 0 spiro atoms. The van der Waals surface area contributed by atoms with Crippen LogP contribution in [0.25, 0.3) is 0 Å². The van der Waals surface area contributed by atoms with Crippen LogP contribution >= 0.6 is 0 Å². The summed E-state index contributed by atoms with van der Waals surface area (Å²) in [7, 11) is 0. The highest BCUT2D eigenvalue weighted by Gasteiger charge is 2.09. The molecule has 1 amide bonds. The van der Waals surface area contributed by atoms with Gasteiger partial charge in [0, 0.05) is 13.1 Å². The molecule has 0 aliphatic heterocycles. The molecule has 0 fully saturated rings. The average molecular weight is 221 g/mol. The van der Waals surface area contributed by atoms with Gasteiger partial charge in [0.1, 0.15) is 0 Å². The summed E-state index contributed by atoms with van der Waals surface area (Å²) in [6.45, 7) is 7.10. The van der Waals surface area contributed by atoms with Crippen molar-refractivity contribution in [2.75, 3.05) is 13.1 Å². The number of hydrogen-bond acceptors (Lipinski definition) is 1. The summed E-state index contributed by atoms with van der Waals surface area (Å²) in [6, 6.07) is 6.28. The number of benzene rings is 1. The van der Waals surface area contributed by atoms with E-state index in [0.29, 0.717) is 13.1 Å². The molecule has 0 saturated carbocycles. The molecular formula is C13H19NO2. The van der Waals surface area contributed by atoms with Gasteiger partial charge in [0.2, 0.25) is 0 Å². The van der Waals surface area contributed by atoms with E-state index in [1.807, 2.05) is 6.92 Å². The molecule has 88 valence electrons. The van der Waals surface area contributed by atoms with Gasteiger partial charge in [-0.15, -0.1) is 0 Å². The van der Waals surface area contributed by atoms with Crippen molar-refractivity contribution in [1.82, 2.24) is 4.90 Å². The number of likely N-dealkylation sites (N-methyl/N-ethyl adjacent to an activating group) is 1. The largest absolute Gasteiger partial charge is 0.465 e. The second kappa shape index (κ2) is 5.54. The van der Waals surface area contributed by atoms with Crippen LogP contribution in [0.15, 0.2) is 18.2 Å². The monoisotopic (exact) mass is 221 g/mol. The van der Waals surface area contributed by atoms with Crippen molar-refractivity contribution in [3.63, 3.8) is 0 Å². The fourth-order valence-electron chi connectivity index (χ4n) is 1.77. The van der Waals surface area contributed by atoms with Crippen LogP contribution in [0.5, 0.6) is 0 Å². The van der Waals surface area contributed by atoms with Gasteiger partial charge in [0.05, 0.1) is 0 Å². The molecule has 0 radical (unpaired) electrons. The number of hydrogen-bond donors (Lipinski definition) is 1. The lowest BCUT2D eigenvalue weighted by atomic mass is 10.0. The van der Waals surface area contributed by atoms with Crippen molar-refractivity contribution in [1.29, 1.82) is 0 Å². The van der Waals surface area contributed by atoms with Gasteiger partial charge in [0.25, 0.3) is 0 Å². The molecule has 0 aromatic heterocycles. The lowest BCUT2D eigenvalue weighted by Gasteiger charge is -2.17. The molecule has 0 saturated heterocycles. The van der Waals surface area contributed by atoms with Gasteiger partial charge in [-0.2, -0.15) is 0 Å². The van der Waals surface area contributed by atoms with Gasteiger partial charge >= 0.3 is 6.09 Å². The van der Waals surface area contributed by atoms with Crippen molar-refractivity contribution in [2.45, 2.75) is 27.2 Å². The summed E-state index contributed by atoms with van der Waals surface area (Å²) in [5, 5.41) is 8.89. The highest BCUT2D eigenvalue weighted by molar-refractivity contribution is 5.64. The number of carboxylic acid groups (broad SMARTS) is 1. The highest BCUT2D eigenvalue weighted by atomic mass is 16.4. The van der Waals surface area contributed by atoms with Crippen LogP contribution < -0.4 is 0 Å². The van der Waals surface area contributed by atoms with Gasteiger partial charge in [-0.25, -0.2) is 4.79 Å². The number of nitrogens with zero attached hydrogens (tertiary/aromatic N) is 1. The van der Waals surface area contributed by atoms with Gasteiger partial charge in [-0.3, -0.25) is 0 Å². The minimum atomic E-state index is -0.840. The topological polar surface area (TPSA) is 40.5 Å². The zero-order valence-electron chi connectivity index (χ0n) is 10.2. The Morgan fingerprint density at radius 2 is 2.06 bits per heavy atom. The molecule has 0 atom stereocenters. The first-order valence-corrected chi connectivity index (χ1v) is 5.58. The SMILES string of the molecule is CCN(CCc1ccc(C)cc1C)C(=O)O. The molecule has 1 aromatic carbocycles. The van der Waals surface area contributed by atoms with E-state index in [1.54, 1.807) is 0 Å². The zero-order chi connectivity index (χ0) is 12.1. The maximum Gasteiger partial charge on any atom is 0.407 e. The van der Waals surface area contributed by atoms with Crippen molar-refractivity contribution < 1.29 is 9.90 Å². The van der Waals surface area contributed by atoms with Crippen molar-refractivity contribution in [3.8, 4) is 0 Å².